The standard InChI is InChI=1S/C13H24N2O/c1-13(2,3)7-4-5-12(16)6-9-15-10-8-14-11-15/h8,10-12,16H,4-7,9H2,1-3H3/t12-/m1/s1. The highest BCUT2D eigenvalue weighted by molar-refractivity contribution is 4.74. The molecule has 0 fully saturated rings. The van der Waals surface area contributed by atoms with Gasteiger partial charge in [-0.15, -0.1) is 0 Å². The van der Waals surface area contributed by atoms with Crippen LogP contribution in [-0.2, 0) is 6.54 Å². The smallest absolute Gasteiger partial charge is 0.0945 e. The lowest BCUT2D eigenvalue weighted by molar-refractivity contribution is 0.141. The Bertz CT molecular complexity index is 275. The second-order valence-corrected chi connectivity index (χ2v) is 5.70. The molecule has 1 heterocycles. The third-order valence-corrected chi connectivity index (χ3v) is 2.74. The van der Waals surface area contributed by atoms with Crippen molar-refractivity contribution in [3.8, 4) is 0 Å². The van der Waals surface area contributed by atoms with Crippen LogP contribution in [0.15, 0.2) is 18.7 Å². The molecule has 0 saturated heterocycles. The highest BCUT2D eigenvalue weighted by Gasteiger charge is 2.11. The van der Waals surface area contributed by atoms with E-state index >= 15 is 0 Å². The molecule has 0 radical (unpaired) electrons. The second kappa shape index (κ2) is 6.04. The molecule has 3 nitrogen and oxygen atoms in total. The zero-order chi connectivity index (χ0) is 12.0. The van der Waals surface area contributed by atoms with Gasteiger partial charge in [-0.05, 0) is 24.7 Å². The molecule has 0 amide bonds. The Morgan fingerprint density at radius 2 is 2.06 bits per heavy atom. The number of rotatable bonds is 6. The summed E-state index contributed by atoms with van der Waals surface area (Å²) in [5.74, 6) is 0. The van der Waals surface area contributed by atoms with Gasteiger partial charge in [0.05, 0.1) is 12.4 Å². The summed E-state index contributed by atoms with van der Waals surface area (Å²) in [7, 11) is 0. The fourth-order valence-corrected chi connectivity index (χ4v) is 1.73. The van der Waals surface area contributed by atoms with Gasteiger partial charge in [0.1, 0.15) is 0 Å². The van der Waals surface area contributed by atoms with Crippen LogP contribution in [0, 0.1) is 5.41 Å². The molecule has 0 aliphatic heterocycles. The van der Waals surface area contributed by atoms with Crippen LogP contribution in [0.4, 0.5) is 0 Å². The Hall–Kier alpha value is -0.830. The molecule has 0 aliphatic carbocycles. The van der Waals surface area contributed by atoms with E-state index in [1.54, 1.807) is 12.5 Å². The largest absolute Gasteiger partial charge is 0.393 e. The molecule has 16 heavy (non-hydrogen) atoms. The third-order valence-electron chi connectivity index (χ3n) is 2.74. The Morgan fingerprint density at radius 3 is 2.62 bits per heavy atom. The number of hydrogen-bond donors (Lipinski definition) is 1. The molecule has 3 heteroatoms. The van der Waals surface area contributed by atoms with Crippen molar-refractivity contribution in [1.29, 1.82) is 0 Å². The van der Waals surface area contributed by atoms with E-state index in [4.69, 9.17) is 0 Å². The van der Waals surface area contributed by atoms with Gasteiger partial charge in [0.15, 0.2) is 0 Å². The van der Waals surface area contributed by atoms with Crippen LogP contribution in [0.25, 0.3) is 0 Å². The SMILES string of the molecule is CC(C)(C)CCC[C@@H](O)CCn1ccnc1. The van der Waals surface area contributed by atoms with Crippen molar-refractivity contribution in [2.75, 3.05) is 0 Å². The summed E-state index contributed by atoms with van der Waals surface area (Å²) in [4.78, 5) is 3.98. The summed E-state index contributed by atoms with van der Waals surface area (Å²) >= 11 is 0. The van der Waals surface area contributed by atoms with E-state index in [9.17, 15) is 5.11 Å². The van der Waals surface area contributed by atoms with Crippen molar-refractivity contribution < 1.29 is 5.11 Å². The lowest BCUT2D eigenvalue weighted by atomic mass is 9.89. The van der Waals surface area contributed by atoms with Gasteiger partial charge in [0.2, 0.25) is 0 Å². The van der Waals surface area contributed by atoms with E-state index in [-0.39, 0.29) is 6.10 Å². The van der Waals surface area contributed by atoms with Crippen LogP contribution in [-0.4, -0.2) is 20.8 Å². The summed E-state index contributed by atoms with van der Waals surface area (Å²) in [6, 6.07) is 0. The lowest BCUT2D eigenvalue weighted by Gasteiger charge is -2.19. The number of aliphatic hydroxyl groups is 1. The molecule has 1 aromatic heterocycles. The summed E-state index contributed by atoms with van der Waals surface area (Å²) in [6.45, 7) is 7.58. The molecular weight excluding hydrogens is 200 g/mol. The van der Waals surface area contributed by atoms with Gasteiger partial charge in [0.25, 0.3) is 0 Å². The molecule has 0 aromatic carbocycles. The molecule has 0 aliphatic rings. The average Bonchev–Trinajstić information content (AvgIpc) is 2.65. The molecule has 1 aromatic rings. The number of aromatic nitrogens is 2. The highest BCUT2D eigenvalue weighted by Crippen LogP contribution is 2.22. The van der Waals surface area contributed by atoms with Gasteiger partial charge in [-0.2, -0.15) is 0 Å². The van der Waals surface area contributed by atoms with Crippen LogP contribution in [0.1, 0.15) is 46.5 Å². The van der Waals surface area contributed by atoms with Crippen molar-refractivity contribution in [2.45, 2.75) is 59.1 Å². The van der Waals surface area contributed by atoms with E-state index < -0.39 is 0 Å². The normalized spacial score (nSPS) is 14.0. The predicted molar refractivity (Wildman–Crippen MR) is 66.2 cm³/mol. The van der Waals surface area contributed by atoms with E-state index in [0.717, 1.165) is 25.8 Å². The van der Waals surface area contributed by atoms with Crippen LogP contribution >= 0.6 is 0 Å². The minimum atomic E-state index is -0.176. The van der Waals surface area contributed by atoms with Gasteiger partial charge < -0.3 is 9.67 Å². The number of hydrogen-bond acceptors (Lipinski definition) is 2. The quantitative estimate of drug-likeness (QED) is 0.807. The average molecular weight is 224 g/mol. The molecule has 1 atom stereocenters. The number of nitrogens with zero attached hydrogens (tertiary/aromatic N) is 2. The summed E-state index contributed by atoms with van der Waals surface area (Å²) < 4.78 is 2.01. The summed E-state index contributed by atoms with van der Waals surface area (Å²) in [5.41, 5.74) is 0.379. The molecule has 0 bridgehead atoms. The highest BCUT2D eigenvalue weighted by atomic mass is 16.3. The summed E-state index contributed by atoms with van der Waals surface area (Å²) in [6.07, 6.45) is 9.33. The van der Waals surface area contributed by atoms with Crippen molar-refractivity contribution in [1.82, 2.24) is 9.55 Å². The van der Waals surface area contributed by atoms with Crippen molar-refractivity contribution in [3.63, 3.8) is 0 Å². The molecular formula is C13H24N2O. The minimum Gasteiger partial charge on any atom is -0.393 e. The topological polar surface area (TPSA) is 38.0 Å². The second-order valence-electron chi connectivity index (χ2n) is 5.70. The van der Waals surface area contributed by atoms with Crippen molar-refractivity contribution in [2.24, 2.45) is 5.41 Å². The molecule has 1 rings (SSSR count). The van der Waals surface area contributed by atoms with Gasteiger partial charge >= 0.3 is 0 Å². The van der Waals surface area contributed by atoms with Gasteiger partial charge in [-0.3, -0.25) is 0 Å². The maximum absolute atomic E-state index is 9.81. The van der Waals surface area contributed by atoms with Crippen molar-refractivity contribution >= 4 is 0 Å². The zero-order valence-electron chi connectivity index (χ0n) is 10.7. The Labute approximate surface area is 98.5 Å². The maximum Gasteiger partial charge on any atom is 0.0945 e. The first-order chi connectivity index (χ1) is 7.47. The zero-order valence-corrected chi connectivity index (χ0v) is 10.7. The summed E-state index contributed by atoms with van der Waals surface area (Å²) in [5, 5.41) is 9.81. The van der Waals surface area contributed by atoms with E-state index in [1.807, 2.05) is 10.8 Å². The first-order valence-corrected chi connectivity index (χ1v) is 6.11. The van der Waals surface area contributed by atoms with E-state index in [1.165, 1.54) is 6.42 Å². The number of imidazole rings is 1. The first kappa shape index (κ1) is 13.2. The molecule has 92 valence electrons. The lowest BCUT2D eigenvalue weighted by Crippen LogP contribution is -2.12. The van der Waals surface area contributed by atoms with Crippen LogP contribution < -0.4 is 0 Å². The van der Waals surface area contributed by atoms with Gasteiger partial charge in [-0.1, -0.05) is 27.2 Å². The number of aryl methyl sites for hydroxylation is 1. The van der Waals surface area contributed by atoms with Crippen molar-refractivity contribution in [3.05, 3.63) is 18.7 Å². The molecule has 0 unspecified atom stereocenters. The van der Waals surface area contributed by atoms with Crippen LogP contribution in [0.3, 0.4) is 0 Å². The minimum absolute atomic E-state index is 0.176. The predicted octanol–water partition coefficient (Wildman–Crippen LogP) is 2.85. The maximum atomic E-state index is 9.81. The van der Waals surface area contributed by atoms with Crippen LogP contribution in [0.5, 0.6) is 0 Å². The van der Waals surface area contributed by atoms with Crippen LogP contribution in [0.2, 0.25) is 0 Å². The Morgan fingerprint density at radius 1 is 1.31 bits per heavy atom. The Balaban J connectivity index is 2.09. The van der Waals surface area contributed by atoms with Gasteiger partial charge in [-0.25, -0.2) is 4.98 Å². The fraction of sp³-hybridized carbons (Fsp3) is 0.769. The molecule has 0 spiro atoms. The number of aliphatic hydroxyl groups excluding tert-OH is 1. The van der Waals surface area contributed by atoms with Gasteiger partial charge in [0, 0.05) is 18.9 Å². The monoisotopic (exact) mass is 224 g/mol. The van der Waals surface area contributed by atoms with E-state index in [0.29, 0.717) is 5.41 Å². The fourth-order valence-electron chi connectivity index (χ4n) is 1.73. The third kappa shape index (κ3) is 5.91. The van der Waals surface area contributed by atoms with E-state index in [2.05, 4.69) is 25.8 Å². The molecule has 1 N–H and O–H groups in total. The Kier molecular flexibility index (Phi) is 5.00. The first-order valence-electron chi connectivity index (χ1n) is 6.11. The molecule has 0 saturated carbocycles.